The van der Waals surface area contributed by atoms with Crippen LogP contribution in [0.15, 0.2) is 41.3 Å². The lowest BCUT2D eigenvalue weighted by Crippen LogP contribution is -2.67. The van der Waals surface area contributed by atoms with E-state index in [1.54, 1.807) is 12.1 Å². The molecule has 4 rings (SSSR count). The second-order valence-corrected chi connectivity index (χ2v) is 11.8. The highest BCUT2D eigenvalue weighted by Gasteiger charge is 2.64. The number of carbonyl (C=O) groups is 4. The van der Waals surface area contributed by atoms with Crippen molar-refractivity contribution in [1.82, 2.24) is 10.2 Å². The lowest BCUT2D eigenvalue weighted by atomic mass is 9.92. The first-order valence-electron chi connectivity index (χ1n) is 12.7. The van der Waals surface area contributed by atoms with E-state index in [1.807, 2.05) is 31.2 Å². The van der Waals surface area contributed by atoms with Crippen molar-refractivity contribution in [3.05, 3.63) is 42.0 Å². The van der Waals surface area contributed by atoms with Crippen molar-refractivity contribution < 1.29 is 28.1 Å². The summed E-state index contributed by atoms with van der Waals surface area (Å²) in [4.78, 5) is 52.4. The normalized spacial score (nSPS) is 31.2. The largest absolute Gasteiger partial charge is 0.436 e. The molecule has 2 fully saturated rings. The van der Waals surface area contributed by atoms with E-state index in [-0.39, 0.29) is 25.3 Å². The van der Waals surface area contributed by atoms with Gasteiger partial charge in [0.1, 0.15) is 4.87 Å². The van der Waals surface area contributed by atoms with Gasteiger partial charge in [0, 0.05) is 17.4 Å². The fourth-order valence-electron chi connectivity index (χ4n) is 5.36. The Morgan fingerprint density at radius 1 is 1.11 bits per heavy atom. The average Bonchev–Trinajstić information content (AvgIpc) is 3.34. The van der Waals surface area contributed by atoms with E-state index in [0.29, 0.717) is 24.2 Å². The van der Waals surface area contributed by atoms with Crippen molar-refractivity contribution in [2.24, 2.45) is 17.4 Å². The van der Waals surface area contributed by atoms with Gasteiger partial charge in [-0.1, -0.05) is 36.3 Å². The quantitative estimate of drug-likeness (QED) is 0.397. The number of nitrogens with two attached hydrogens (primary N) is 2. The maximum absolute atomic E-state index is 13.9. The van der Waals surface area contributed by atoms with Crippen LogP contribution in [0, 0.1) is 12.8 Å². The van der Waals surface area contributed by atoms with Gasteiger partial charge in [-0.15, -0.1) is 0 Å². The lowest BCUT2D eigenvalue weighted by Gasteiger charge is -2.37. The molecule has 37 heavy (non-hydrogen) atoms. The zero-order valence-corrected chi connectivity index (χ0v) is 21.8. The number of rotatable bonds is 4. The van der Waals surface area contributed by atoms with Gasteiger partial charge in [0.2, 0.25) is 5.54 Å². The minimum atomic E-state index is -1.99. The van der Waals surface area contributed by atoms with Gasteiger partial charge >= 0.3 is 6.09 Å². The van der Waals surface area contributed by atoms with Crippen LogP contribution < -0.4 is 16.8 Å². The van der Waals surface area contributed by atoms with Crippen molar-refractivity contribution in [2.75, 3.05) is 6.54 Å². The van der Waals surface area contributed by atoms with Crippen LogP contribution >= 0.6 is 0 Å². The summed E-state index contributed by atoms with van der Waals surface area (Å²) in [6.45, 7) is 2.02. The maximum Gasteiger partial charge on any atom is 0.405 e. The topological polar surface area (TPSA) is 162 Å². The van der Waals surface area contributed by atoms with E-state index in [9.17, 15) is 23.4 Å². The average molecular weight is 531 g/mol. The molecule has 3 aliphatic rings. The fraction of sp³-hybridized carbons (Fsp3) is 0.538. The first-order chi connectivity index (χ1) is 17.6. The van der Waals surface area contributed by atoms with Gasteiger partial charge < -0.3 is 26.4 Å². The molecule has 1 aliphatic carbocycles. The van der Waals surface area contributed by atoms with Crippen LogP contribution in [0.4, 0.5) is 4.79 Å². The molecule has 10 nitrogen and oxygen atoms in total. The summed E-state index contributed by atoms with van der Waals surface area (Å²) in [5, 5.41) is 2.90. The monoisotopic (exact) mass is 530 g/mol. The fourth-order valence-corrected chi connectivity index (χ4v) is 7.03. The Kier molecular flexibility index (Phi) is 7.72. The Morgan fingerprint density at radius 2 is 1.84 bits per heavy atom. The standard InChI is InChI=1S/C26H34N4O6S/c1-17-10-12-19(13-11-17)37(35)26-16-18(26)8-5-3-2-4-6-9-20(36-24(28)34)21(31)30-15-7-14-25(30,22(27)32)23(33)29-26/h5,8,10-13,18,20H,2-4,6-7,9,14-16H2,1H3,(H2,27,32)(H2,28,34)(H,29,33)/t18?,20?,25?,26?,37-/m0/s1. The van der Waals surface area contributed by atoms with Crippen LogP contribution in [0.2, 0.25) is 0 Å². The van der Waals surface area contributed by atoms with E-state index >= 15 is 0 Å². The Morgan fingerprint density at radius 3 is 2.51 bits per heavy atom. The highest BCUT2D eigenvalue weighted by atomic mass is 32.2. The number of amides is 4. The molecule has 11 heteroatoms. The predicted molar refractivity (Wildman–Crippen MR) is 136 cm³/mol. The molecule has 1 saturated heterocycles. The summed E-state index contributed by atoms with van der Waals surface area (Å²) < 4.78 is 18.9. The summed E-state index contributed by atoms with van der Waals surface area (Å²) >= 11 is 0. The molecule has 0 bridgehead atoms. The van der Waals surface area contributed by atoms with Gasteiger partial charge in [-0.25, -0.2) is 4.79 Å². The zero-order valence-electron chi connectivity index (χ0n) is 20.9. The molecule has 4 unspecified atom stereocenters. The van der Waals surface area contributed by atoms with Crippen LogP contribution in [0.5, 0.6) is 0 Å². The van der Waals surface area contributed by atoms with E-state index in [2.05, 4.69) is 5.32 Å². The molecular weight excluding hydrogens is 496 g/mol. The molecule has 0 aromatic heterocycles. The summed E-state index contributed by atoms with van der Waals surface area (Å²) in [6.07, 6.45) is 5.62. The van der Waals surface area contributed by atoms with Gasteiger partial charge in [-0.05, 0) is 64.0 Å². The van der Waals surface area contributed by atoms with Crippen molar-refractivity contribution in [2.45, 2.75) is 79.7 Å². The van der Waals surface area contributed by atoms with Crippen LogP contribution in [0.3, 0.4) is 0 Å². The first kappa shape index (κ1) is 26.8. The second-order valence-electron chi connectivity index (χ2n) is 10.0. The number of ether oxygens (including phenoxy) is 1. The summed E-state index contributed by atoms with van der Waals surface area (Å²) in [5.41, 5.74) is 10.0. The Hall–Kier alpha value is -3.21. The van der Waals surface area contributed by atoms with Crippen LogP contribution in [-0.4, -0.2) is 56.0 Å². The van der Waals surface area contributed by atoms with Gasteiger partial charge in [-0.2, -0.15) is 0 Å². The summed E-state index contributed by atoms with van der Waals surface area (Å²) in [5.74, 6) is -2.64. The Bertz CT molecular complexity index is 1140. The minimum Gasteiger partial charge on any atom is -0.436 e. The number of carbonyl (C=O) groups excluding carboxylic acids is 4. The van der Waals surface area contributed by atoms with Gasteiger partial charge in [0.15, 0.2) is 6.10 Å². The van der Waals surface area contributed by atoms with Crippen molar-refractivity contribution >= 4 is 34.6 Å². The molecule has 1 aromatic carbocycles. The molecule has 5 atom stereocenters. The molecule has 2 heterocycles. The molecule has 200 valence electrons. The third kappa shape index (κ3) is 5.14. The number of primary amides is 2. The number of aryl methyl sites for hydroxylation is 1. The number of hydrogen-bond acceptors (Lipinski definition) is 6. The number of hydrogen-bond donors (Lipinski definition) is 3. The van der Waals surface area contributed by atoms with Crippen LogP contribution in [0.1, 0.15) is 56.9 Å². The second kappa shape index (κ2) is 10.6. The van der Waals surface area contributed by atoms with Gasteiger partial charge in [0.05, 0.1) is 10.8 Å². The number of fused-ring (bicyclic) bond motifs is 2. The van der Waals surface area contributed by atoms with E-state index in [4.69, 9.17) is 16.2 Å². The first-order valence-corrected chi connectivity index (χ1v) is 13.8. The van der Waals surface area contributed by atoms with E-state index in [1.165, 1.54) is 0 Å². The third-order valence-electron chi connectivity index (χ3n) is 7.52. The third-order valence-corrected chi connectivity index (χ3v) is 9.46. The van der Waals surface area contributed by atoms with Crippen molar-refractivity contribution in [3.8, 4) is 0 Å². The molecule has 0 radical (unpaired) electrons. The molecule has 4 amide bonds. The molecule has 1 aromatic rings. The van der Waals surface area contributed by atoms with Crippen LogP contribution in [-0.2, 0) is 29.9 Å². The number of benzene rings is 1. The van der Waals surface area contributed by atoms with Crippen molar-refractivity contribution in [3.63, 3.8) is 0 Å². The number of nitrogens with zero attached hydrogens (tertiary/aromatic N) is 1. The maximum atomic E-state index is 13.9. The SMILES string of the molecule is Cc1ccc([S@](=O)C23CC2C=CCCCCCC(OC(N)=O)C(=O)N2CCCC2(C(N)=O)C(=O)N3)cc1. The van der Waals surface area contributed by atoms with Gasteiger partial charge in [0.25, 0.3) is 17.7 Å². The lowest BCUT2D eigenvalue weighted by molar-refractivity contribution is -0.157. The summed E-state index contributed by atoms with van der Waals surface area (Å²) in [7, 11) is -1.63. The predicted octanol–water partition coefficient (Wildman–Crippen LogP) is 1.77. The van der Waals surface area contributed by atoms with E-state index < -0.39 is 51.1 Å². The molecular formula is C26H34N4O6S. The van der Waals surface area contributed by atoms with Crippen LogP contribution in [0.25, 0.3) is 0 Å². The van der Waals surface area contributed by atoms with E-state index in [0.717, 1.165) is 29.7 Å². The molecule has 2 aliphatic heterocycles. The highest BCUT2D eigenvalue weighted by Crippen LogP contribution is 2.50. The zero-order chi connectivity index (χ0) is 26.8. The van der Waals surface area contributed by atoms with Crippen molar-refractivity contribution in [1.29, 1.82) is 0 Å². The smallest absolute Gasteiger partial charge is 0.405 e. The Balaban J connectivity index is 1.73. The summed E-state index contributed by atoms with van der Waals surface area (Å²) in [6, 6.07) is 7.24. The minimum absolute atomic E-state index is 0.0109. The molecule has 0 spiro atoms. The molecule has 5 N–H and O–H groups in total. The number of nitrogens with one attached hydrogen (secondary N) is 1. The van der Waals surface area contributed by atoms with Gasteiger partial charge in [-0.3, -0.25) is 18.6 Å². The Labute approximate surface area is 218 Å². The highest BCUT2D eigenvalue weighted by molar-refractivity contribution is 7.86. The number of allylic oxidation sites excluding steroid dienone is 1. The molecule has 1 saturated carbocycles.